The Morgan fingerprint density at radius 1 is 1.20 bits per heavy atom. The third kappa shape index (κ3) is 5.00. The van der Waals surface area contributed by atoms with Gasteiger partial charge in [0.25, 0.3) is 10.0 Å². The van der Waals surface area contributed by atoms with Crippen molar-refractivity contribution < 1.29 is 13.2 Å². The summed E-state index contributed by atoms with van der Waals surface area (Å²) in [7, 11) is -3.69. The van der Waals surface area contributed by atoms with E-state index in [4.69, 9.17) is 11.6 Å². The number of rotatable bonds is 7. The molecule has 2 aromatic heterocycles. The average Bonchev–Trinajstić information content (AvgIpc) is 3.60. The minimum atomic E-state index is -3.69. The molecule has 0 spiro atoms. The number of anilines is 2. The Morgan fingerprint density at radius 2 is 2.00 bits per heavy atom. The first-order valence-electron chi connectivity index (χ1n) is 11.1. The van der Waals surface area contributed by atoms with Crippen molar-refractivity contribution in [1.29, 1.82) is 0 Å². The molecule has 1 aliphatic rings. The van der Waals surface area contributed by atoms with Crippen molar-refractivity contribution in [3.8, 4) is 0 Å². The molecule has 1 amide bonds. The maximum Gasteiger partial charge on any atom is 0.263 e. The fourth-order valence-corrected chi connectivity index (χ4v) is 6.26. The molecule has 5 rings (SSSR count). The maximum atomic E-state index is 13.0. The van der Waals surface area contributed by atoms with E-state index in [1.165, 1.54) is 11.3 Å². The van der Waals surface area contributed by atoms with E-state index in [0.29, 0.717) is 16.7 Å². The highest BCUT2D eigenvalue weighted by Gasteiger charge is 2.27. The Kier molecular flexibility index (Phi) is 6.43. The number of hydrogen-bond donors (Lipinski definition) is 2. The summed E-state index contributed by atoms with van der Waals surface area (Å²) in [4.78, 5) is 19.3. The van der Waals surface area contributed by atoms with Gasteiger partial charge in [0.2, 0.25) is 5.91 Å². The van der Waals surface area contributed by atoms with Crippen LogP contribution in [0.2, 0.25) is 5.02 Å². The number of nitrogens with zero attached hydrogens (tertiary/aromatic N) is 3. The summed E-state index contributed by atoms with van der Waals surface area (Å²) in [5.41, 5.74) is 1.83. The molecule has 0 aliphatic carbocycles. The van der Waals surface area contributed by atoms with Gasteiger partial charge in [0, 0.05) is 47.6 Å². The van der Waals surface area contributed by atoms with Crippen LogP contribution in [0.3, 0.4) is 0 Å². The lowest BCUT2D eigenvalue weighted by atomic mass is 10.2. The van der Waals surface area contributed by atoms with Gasteiger partial charge in [-0.25, -0.2) is 13.4 Å². The van der Waals surface area contributed by atoms with Crippen LogP contribution in [0.15, 0.2) is 71.2 Å². The Bertz CT molecular complexity index is 1450. The monoisotopic (exact) mass is 529 g/mol. The zero-order chi connectivity index (χ0) is 24.6. The van der Waals surface area contributed by atoms with Crippen molar-refractivity contribution in [3.05, 3.63) is 71.3 Å². The van der Waals surface area contributed by atoms with Gasteiger partial charge < -0.3 is 14.8 Å². The number of aromatic nitrogens is 2. The summed E-state index contributed by atoms with van der Waals surface area (Å²) >= 11 is 7.37. The highest BCUT2D eigenvalue weighted by atomic mass is 35.5. The minimum Gasteiger partial charge on any atom is -0.369 e. The summed E-state index contributed by atoms with van der Waals surface area (Å²) in [6, 6.07) is 14.0. The first kappa shape index (κ1) is 23.7. The molecule has 1 aliphatic heterocycles. The first-order valence-corrected chi connectivity index (χ1v) is 13.9. The number of benzene rings is 2. The largest absolute Gasteiger partial charge is 0.369 e. The fraction of sp³-hybridized carbons (Fsp3) is 0.250. The van der Waals surface area contributed by atoms with Gasteiger partial charge in [-0.1, -0.05) is 17.7 Å². The van der Waals surface area contributed by atoms with Crippen LogP contribution in [0.4, 0.5) is 10.8 Å². The molecule has 1 fully saturated rings. The molecule has 8 nitrogen and oxygen atoms in total. The van der Waals surface area contributed by atoms with Crippen molar-refractivity contribution >= 4 is 60.6 Å². The van der Waals surface area contributed by atoms with Crippen molar-refractivity contribution in [3.63, 3.8) is 0 Å². The Morgan fingerprint density at radius 3 is 2.74 bits per heavy atom. The molecule has 1 saturated heterocycles. The number of carbonyl (C=O) groups excluding carboxylic acids is 1. The van der Waals surface area contributed by atoms with Crippen molar-refractivity contribution in [2.45, 2.75) is 30.3 Å². The van der Waals surface area contributed by atoms with Crippen LogP contribution in [0, 0.1) is 0 Å². The van der Waals surface area contributed by atoms with Crippen LogP contribution in [0.25, 0.3) is 10.9 Å². The second kappa shape index (κ2) is 9.52. The van der Waals surface area contributed by atoms with Crippen LogP contribution >= 0.6 is 22.9 Å². The van der Waals surface area contributed by atoms with Gasteiger partial charge in [-0.05, 0) is 61.2 Å². The third-order valence-electron chi connectivity index (χ3n) is 6.18. The van der Waals surface area contributed by atoms with Crippen molar-refractivity contribution in [2.24, 2.45) is 0 Å². The van der Waals surface area contributed by atoms with Gasteiger partial charge >= 0.3 is 0 Å². The van der Waals surface area contributed by atoms with E-state index in [1.807, 2.05) is 42.0 Å². The Labute approximate surface area is 212 Å². The van der Waals surface area contributed by atoms with Crippen molar-refractivity contribution in [2.75, 3.05) is 22.7 Å². The number of sulfonamides is 1. The van der Waals surface area contributed by atoms with Gasteiger partial charge in [0.05, 0.1) is 10.4 Å². The average molecular weight is 530 g/mol. The van der Waals surface area contributed by atoms with E-state index >= 15 is 0 Å². The van der Waals surface area contributed by atoms with Crippen LogP contribution in [0.1, 0.15) is 19.4 Å². The van der Waals surface area contributed by atoms with E-state index in [0.717, 1.165) is 29.6 Å². The molecular formula is C24H24ClN5O3S2. The summed E-state index contributed by atoms with van der Waals surface area (Å²) in [5, 5.41) is 6.87. The predicted molar refractivity (Wildman–Crippen MR) is 140 cm³/mol. The molecule has 2 atom stereocenters. The van der Waals surface area contributed by atoms with Gasteiger partial charge in [0.15, 0.2) is 5.13 Å². The summed E-state index contributed by atoms with van der Waals surface area (Å²) < 4.78 is 29.5. The third-order valence-corrected chi connectivity index (χ3v) is 8.59. The lowest BCUT2D eigenvalue weighted by molar-refractivity contribution is -0.124. The molecule has 0 unspecified atom stereocenters. The standard InChI is InChI=1S/C24H24ClN5O3S2/c1-16(30-12-8-17-2-3-18(25)14-22(17)30)23(31)27-19-9-11-29(15-19)20-4-6-21(7-5-20)35(32,33)28-24-26-10-13-34-24/h2-8,10,12-14,16,19H,9,11,15H2,1H3,(H,26,28)(H,27,31)/t16-,19+/m1/s1. The number of carbonyl (C=O) groups is 1. The molecule has 2 N–H and O–H groups in total. The Balaban J connectivity index is 1.21. The number of nitrogens with one attached hydrogen (secondary N) is 2. The number of fused-ring (bicyclic) bond motifs is 1. The summed E-state index contributed by atoms with van der Waals surface area (Å²) in [6.45, 7) is 3.30. The highest BCUT2D eigenvalue weighted by molar-refractivity contribution is 7.93. The zero-order valence-electron chi connectivity index (χ0n) is 18.9. The minimum absolute atomic E-state index is 0.00495. The smallest absolute Gasteiger partial charge is 0.263 e. The number of hydrogen-bond acceptors (Lipinski definition) is 6. The molecule has 0 bridgehead atoms. The molecule has 4 aromatic rings. The van der Waals surface area contributed by atoms with Crippen LogP contribution in [-0.4, -0.2) is 43.0 Å². The second-order valence-electron chi connectivity index (χ2n) is 8.48. The van der Waals surface area contributed by atoms with Gasteiger partial charge in [-0.15, -0.1) is 11.3 Å². The molecule has 11 heteroatoms. The maximum absolute atomic E-state index is 13.0. The number of thiazole rings is 1. The number of halogens is 1. The molecule has 35 heavy (non-hydrogen) atoms. The summed E-state index contributed by atoms with van der Waals surface area (Å²) in [5.74, 6) is -0.0518. The van der Waals surface area contributed by atoms with E-state index in [2.05, 4.69) is 19.9 Å². The lowest BCUT2D eigenvalue weighted by Gasteiger charge is -2.21. The molecule has 2 aromatic carbocycles. The zero-order valence-corrected chi connectivity index (χ0v) is 21.3. The molecule has 182 valence electrons. The molecular weight excluding hydrogens is 506 g/mol. The van der Waals surface area contributed by atoms with Gasteiger partial charge in [-0.3, -0.25) is 9.52 Å². The van der Waals surface area contributed by atoms with Crippen LogP contribution in [0.5, 0.6) is 0 Å². The normalized spacial score (nSPS) is 17.0. The molecule has 0 radical (unpaired) electrons. The topological polar surface area (TPSA) is 96.3 Å². The van der Waals surface area contributed by atoms with Gasteiger partial charge in [-0.2, -0.15) is 0 Å². The lowest BCUT2D eigenvalue weighted by Crippen LogP contribution is -2.40. The predicted octanol–water partition coefficient (Wildman–Crippen LogP) is 4.51. The molecule has 0 saturated carbocycles. The van der Waals surface area contributed by atoms with E-state index < -0.39 is 10.0 Å². The van der Waals surface area contributed by atoms with E-state index in [1.54, 1.807) is 35.8 Å². The highest BCUT2D eigenvalue weighted by Crippen LogP contribution is 2.26. The fourth-order valence-electron chi connectivity index (χ4n) is 4.30. The Hall–Kier alpha value is -3.08. The first-order chi connectivity index (χ1) is 16.8. The van der Waals surface area contributed by atoms with Crippen LogP contribution in [-0.2, 0) is 14.8 Å². The van der Waals surface area contributed by atoms with E-state index in [-0.39, 0.29) is 22.9 Å². The SMILES string of the molecule is C[C@H](C(=O)N[C@H]1CCN(c2ccc(S(=O)(=O)Nc3nccs3)cc2)C1)n1ccc2ccc(Cl)cc21. The second-order valence-corrected chi connectivity index (χ2v) is 11.5. The summed E-state index contributed by atoms with van der Waals surface area (Å²) in [6.07, 6.45) is 4.26. The number of amides is 1. The van der Waals surface area contributed by atoms with Crippen molar-refractivity contribution in [1.82, 2.24) is 14.9 Å². The molecule has 3 heterocycles. The quantitative estimate of drug-likeness (QED) is 0.367. The van der Waals surface area contributed by atoms with Gasteiger partial charge in [0.1, 0.15) is 6.04 Å². The van der Waals surface area contributed by atoms with Crippen LogP contribution < -0.4 is 14.9 Å². The van der Waals surface area contributed by atoms with E-state index in [9.17, 15) is 13.2 Å².